The maximum absolute atomic E-state index is 13.9. The van der Waals surface area contributed by atoms with Crippen LogP contribution in [0.3, 0.4) is 0 Å². The number of nitrogen functional groups attached to an aromatic ring is 1. The molecular formula is C15H14FN3. The van der Waals surface area contributed by atoms with Gasteiger partial charge in [0.15, 0.2) is 0 Å². The summed E-state index contributed by atoms with van der Waals surface area (Å²) in [5, 5.41) is 0. The van der Waals surface area contributed by atoms with E-state index in [1.54, 1.807) is 12.1 Å². The lowest BCUT2D eigenvalue weighted by atomic mass is 10.1. The van der Waals surface area contributed by atoms with Crippen LogP contribution in [-0.2, 0) is 0 Å². The number of H-pyrrole nitrogens is 1. The van der Waals surface area contributed by atoms with Crippen LogP contribution in [0.4, 0.5) is 10.1 Å². The Morgan fingerprint density at radius 1 is 1.16 bits per heavy atom. The van der Waals surface area contributed by atoms with E-state index in [-0.39, 0.29) is 5.82 Å². The van der Waals surface area contributed by atoms with Crippen molar-refractivity contribution in [3.63, 3.8) is 0 Å². The zero-order chi connectivity index (χ0) is 13.6. The fourth-order valence-corrected chi connectivity index (χ4v) is 2.18. The monoisotopic (exact) mass is 255 g/mol. The third-order valence-electron chi connectivity index (χ3n) is 3.38. The Morgan fingerprint density at radius 2 is 1.89 bits per heavy atom. The van der Waals surface area contributed by atoms with Crippen LogP contribution in [0.15, 0.2) is 30.3 Å². The molecule has 0 fully saturated rings. The van der Waals surface area contributed by atoms with Gasteiger partial charge in [0.1, 0.15) is 11.6 Å². The standard InChI is InChI=1S/C15H14FN3/c1-8-6-12-13(7-9(8)2)19-15(18-12)14-10(16)4-3-5-11(14)17/h3-7H,17H2,1-2H3,(H,18,19). The highest BCUT2D eigenvalue weighted by atomic mass is 19.1. The molecule has 0 aliphatic heterocycles. The first-order valence-corrected chi connectivity index (χ1v) is 6.07. The molecule has 0 aliphatic rings. The average molecular weight is 255 g/mol. The second-order valence-electron chi connectivity index (χ2n) is 4.74. The molecule has 0 radical (unpaired) electrons. The highest BCUT2D eigenvalue weighted by molar-refractivity contribution is 5.83. The summed E-state index contributed by atoms with van der Waals surface area (Å²) in [6.45, 7) is 4.06. The Morgan fingerprint density at radius 3 is 2.63 bits per heavy atom. The molecule has 0 aliphatic carbocycles. The topological polar surface area (TPSA) is 54.7 Å². The Hall–Kier alpha value is -2.36. The molecule has 4 heteroatoms. The molecule has 0 saturated heterocycles. The molecule has 0 bridgehead atoms. The molecule has 19 heavy (non-hydrogen) atoms. The van der Waals surface area contributed by atoms with Gasteiger partial charge in [-0.1, -0.05) is 6.07 Å². The van der Waals surface area contributed by atoms with E-state index in [0.29, 0.717) is 17.1 Å². The van der Waals surface area contributed by atoms with Gasteiger partial charge in [0, 0.05) is 5.69 Å². The summed E-state index contributed by atoms with van der Waals surface area (Å²) in [5.41, 5.74) is 10.6. The third-order valence-corrected chi connectivity index (χ3v) is 3.38. The molecule has 0 saturated carbocycles. The number of halogens is 1. The van der Waals surface area contributed by atoms with Gasteiger partial charge in [0.25, 0.3) is 0 Å². The van der Waals surface area contributed by atoms with Gasteiger partial charge >= 0.3 is 0 Å². The Kier molecular flexibility index (Phi) is 2.52. The van der Waals surface area contributed by atoms with Crippen molar-refractivity contribution in [3.8, 4) is 11.4 Å². The summed E-state index contributed by atoms with van der Waals surface area (Å²) in [4.78, 5) is 7.56. The fourth-order valence-electron chi connectivity index (χ4n) is 2.18. The molecule has 3 rings (SSSR count). The molecule has 3 aromatic rings. The highest BCUT2D eigenvalue weighted by Crippen LogP contribution is 2.29. The minimum atomic E-state index is -0.368. The van der Waals surface area contributed by atoms with E-state index in [1.165, 1.54) is 11.6 Å². The van der Waals surface area contributed by atoms with Gasteiger partial charge in [-0.3, -0.25) is 0 Å². The van der Waals surface area contributed by atoms with Gasteiger partial charge in [-0.25, -0.2) is 9.37 Å². The van der Waals surface area contributed by atoms with Gasteiger partial charge in [-0.15, -0.1) is 0 Å². The van der Waals surface area contributed by atoms with Crippen LogP contribution in [0.1, 0.15) is 11.1 Å². The van der Waals surface area contributed by atoms with Crippen LogP contribution in [-0.4, -0.2) is 9.97 Å². The number of imidazole rings is 1. The summed E-state index contributed by atoms with van der Waals surface area (Å²) in [5.74, 6) is 0.100. The lowest BCUT2D eigenvalue weighted by Crippen LogP contribution is -1.94. The number of hydrogen-bond donors (Lipinski definition) is 2. The van der Waals surface area contributed by atoms with Crippen molar-refractivity contribution in [2.24, 2.45) is 0 Å². The summed E-state index contributed by atoms with van der Waals surface area (Å²) >= 11 is 0. The number of anilines is 1. The Labute approximate surface area is 110 Å². The molecule has 3 N–H and O–H groups in total. The molecule has 0 spiro atoms. The summed E-state index contributed by atoms with van der Waals surface area (Å²) in [7, 11) is 0. The minimum Gasteiger partial charge on any atom is -0.398 e. The highest BCUT2D eigenvalue weighted by Gasteiger charge is 2.13. The summed E-state index contributed by atoms with van der Waals surface area (Å²) in [6.07, 6.45) is 0. The molecular weight excluding hydrogens is 241 g/mol. The third kappa shape index (κ3) is 1.85. The maximum Gasteiger partial charge on any atom is 0.143 e. The first kappa shape index (κ1) is 11.7. The van der Waals surface area contributed by atoms with E-state index in [4.69, 9.17) is 5.73 Å². The Balaban J connectivity index is 2.26. The number of benzene rings is 2. The van der Waals surface area contributed by atoms with E-state index < -0.39 is 0 Å². The van der Waals surface area contributed by atoms with E-state index in [0.717, 1.165) is 16.6 Å². The molecule has 3 nitrogen and oxygen atoms in total. The number of aryl methyl sites for hydroxylation is 2. The number of fused-ring (bicyclic) bond motifs is 1. The van der Waals surface area contributed by atoms with Crippen molar-refractivity contribution in [1.29, 1.82) is 0 Å². The maximum atomic E-state index is 13.9. The van der Waals surface area contributed by atoms with Crippen molar-refractivity contribution < 1.29 is 4.39 Å². The van der Waals surface area contributed by atoms with Crippen LogP contribution in [0.5, 0.6) is 0 Å². The Bertz CT molecular complexity index is 715. The van der Waals surface area contributed by atoms with Crippen LogP contribution in [0, 0.1) is 19.7 Å². The predicted molar refractivity (Wildman–Crippen MR) is 75.4 cm³/mol. The minimum absolute atomic E-state index is 0.328. The number of nitrogens with two attached hydrogens (primary N) is 1. The molecule has 0 unspecified atom stereocenters. The summed E-state index contributed by atoms with van der Waals surface area (Å²) in [6, 6.07) is 8.64. The smallest absolute Gasteiger partial charge is 0.143 e. The number of aromatic amines is 1. The number of hydrogen-bond acceptors (Lipinski definition) is 2. The second-order valence-corrected chi connectivity index (χ2v) is 4.74. The van der Waals surface area contributed by atoms with Gasteiger partial charge in [-0.2, -0.15) is 0 Å². The van der Waals surface area contributed by atoms with Crippen molar-refractivity contribution >= 4 is 16.7 Å². The van der Waals surface area contributed by atoms with E-state index in [1.807, 2.05) is 26.0 Å². The van der Waals surface area contributed by atoms with E-state index in [2.05, 4.69) is 9.97 Å². The molecule has 1 heterocycles. The zero-order valence-corrected chi connectivity index (χ0v) is 10.8. The van der Waals surface area contributed by atoms with Crippen molar-refractivity contribution in [1.82, 2.24) is 9.97 Å². The van der Waals surface area contributed by atoms with Gasteiger partial charge in [0.2, 0.25) is 0 Å². The molecule has 0 amide bonds. The van der Waals surface area contributed by atoms with Crippen LogP contribution >= 0.6 is 0 Å². The average Bonchev–Trinajstić information content (AvgIpc) is 2.72. The van der Waals surface area contributed by atoms with E-state index >= 15 is 0 Å². The number of nitrogens with one attached hydrogen (secondary N) is 1. The van der Waals surface area contributed by atoms with Gasteiger partial charge in [-0.05, 0) is 49.2 Å². The van der Waals surface area contributed by atoms with Crippen LogP contribution < -0.4 is 5.73 Å². The summed E-state index contributed by atoms with van der Waals surface area (Å²) < 4.78 is 13.9. The van der Waals surface area contributed by atoms with Crippen molar-refractivity contribution in [2.75, 3.05) is 5.73 Å². The van der Waals surface area contributed by atoms with Crippen molar-refractivity contribution in [2.45, 2.75) is 13.8 Å². The van der Waals surface area contributed by atoms with Crippen LogP contribution in [0.2, 0.25) is 0 Å². The molecule has 2 aromatic carbocycles. The van der Waals surface area contributed by atoms with Crippen LogP contribution in [0.25, 0.3) is 22.4 Å². The lowest BCUT2D eigenvalue weighted by molar-refractivity contribution is 0.631. The second kappa shape index (κ2) is 4.09. The first-order valence-electron chi connectivity index (χ1n) is 6.07. The SMILES string of the molecule is Cc1cc2nc(-c3c(N)cccc3F)[nH]c2cc1C. The predicted octanol–water partition coefficient (Wildman–Crippen LogP) is 3.57. The quantitative estimate of drug-likeness (QED) is 0.653. The van der Waals surface area contributed by atoms with E-state index in [9.17, 15) is 4.39 Å². The largest absolute Gasteiger partial charge is 0.398 e. The fraction of sp³-hybridized carbons (Fsp3) is 0.133. The number of rotatable bonds is 1. The zero-order valence-electron chi connectivity index (χ0n) is 10.8. The van der Waals surface area contributed by atoms with Crippen molar-refractivity contribution in [3.05, 3.63) is 47.3 Å². The van der Waals surface area contributed by atoms with Gasteiger partial charge < -0.3 is 10.7 Å². The number of aromatic nitrogens is 2. The molecule has 1 aromatic heterocycles. The number of nitrogens with zero attached hydrogens (tertiary/aromatic N) is 1. The normalized spacial score (nSPS) is 11.1. The first-order chi connectivity index (χ1) is 9.06. The lowest BCUT2D eigenvalue weighted by Gasteiger charge is -2.02. The van der Waals surface area contributed by atoms with Gasteiger partial charge in [0.05, 0.1) is 16.6 Å². The molecule has 0 atom stereocenters. The molecule has 96 valence electrons.